The Morgan fingerprint density at radius 3 is 2.42 bits per heavy atom. The van der Waals surface area contributed by atoms with E-state index in [1.807, 2.05) is 0 Å². The lowest BCUT2D eigenvalue weighted by molar-refractivity contribution is -0.385. The molecule has 0 aromatic heterocycles. The molecule has 138 valence electrons. The fourth-order valence-corrected chi connectivity index (χ4v) is 2.45. The highest BCUT2D eigenvalue weighted by molar-refractivity contribution is 6.31. The predicted molar refractivity (Wildman–Crippen MR) is 96.8 cm³/mol. The van der Waals surface area contributed by atoms with Crippen LogP contribution in [0.4, 0.5) is 11.4 Å². The number of ether oxygens (including phenoxy) is 3. The van der Waals surface area contributed by atoms with Crippen molar-refractivity contribution in [3.8, 4) is 17.2 Å². The first-order chi connectivity index (χ1) is 12.4. The van der Waals surface area contributed by atoms with Crippen molar-refractivity contribution in [3.63, 3.8) is 0 Å². The molecule has 0 atom stereocenters. The molecule has 2 aromatic rings. The zero-order valence-corrected chi connectivity index (χ0v) is 15.1. The summed E-state index contributed by atoms with van der Waals surface area (Å²) < 4.78 is 15.6. The Balaban J connectivity index is 2.48. The first-order valence-electron chi connectivity index (χ1n) is 7.55. The van der Waals surface area contributed by atoms with Crippen LogP contribution in [0.5, 0.6) is 17.2 Å². The van der Waals surface area contributed by atoms with Gasteiger partial charge in [0.25, 0.3) is 11.6 Å². The highest BCUT2D eigenvalue weighted by Crippen LogP contribution is 2.36. The van der Waals surface area contributed by atoms with Gasteiger partial charge in [-0.3, -0.25) is 14.9 Å². The minimum absolute atomic E-state index is 0.179. The number of nitrogens with one attached hydrogen (secondary N) is 1. The number of anilines is 1. The van der Waals surface area contributed by atoms with Crippen LogP contribution in [-0.4, -0.2) is 31.7 Å². The fraction of sp³-hybridized carbons (Fsp3) is 0.235. The average molecular weight is 381 g/mol. The third-order valence-electron chi connectivity index (χ3n) is 3.43. The molecule has 0 aliphatic heterocycles. The Morgan fingerprint density at radius 2 is 1.85 bits per heavy atom. The number of methoxy groups -OCH3 is 2. The van der Waals surface area contributed by atoms with E-state index < -0.39 is 16.5 Å². The molecule has 2 aromatic carbocycles. The molecule has 0 unspecified atom stereocenters. The van der Waals surface area contributed by atoms with Crippen molar-refractivity contribution in [2.45, 2.75) is 6.92 Å². The molecule has 26 heavy (non-hydrogen) atoms. The maximum absolute atomic E-state index is 12.6. The fourth-order valence-electron chi connectivity index (χ4n) is 2.28. The Labute approximate surface area is 154 Å². The van der Waals surface area contributed by atoms with Gasteiger partial charge in [0.05, 0.1) is 37.5 Å². The van der Waals surface area contributed by atoms with Crippen molar-refractivity contribution in [3.05, 3.63) is 51.0 Å². The van der Waals surface area contributed by atoms with Gasteiger partial charge >= 0.3 is 0 Å². The van der Waals surface area contributed by atoms with Gasteiger partial charge in [0.1, 0.15) is 11.3 Å². The molecule has 0 saturated carbocycles. The number of hydrogen-bond acceptors (Lipinski definition) is 6. The van der Waals surface area contributed by atoms with Crippen LogP contribution in [0.3, 0.4) is 0 Å². The summed E-state index contributed by atoms with van der Waals surface area (Å²) in [6, 6.07) is 7.07. The van der Waals surface area contributed by atoms with Crippen LogP contribution in [0.2, 0.25) is 5.02 Å². The SMILES string of the molecule is CCOc1cc([N+](=O)[O-])c(C(=O)Nc2cc(Cl)ccc2OC)cc1OC. The lowest BCUT2D eigenvalue weighted by Gasteiger charge is -2.13. The monoisotopic (exact) mass is 380 g/mol. The summed E-state index contributed by atoms with van der Waals surface area (Å²) in [6.07, 6.45) is 0. The van der Waals surface area contributed by atoms with Crippen molar-refractivity contribution >= 4 is 28.9 Å². The van der Waals surface area contributed by atoms with Crippen LogP contribution in [0.25, 0.3) is 0 Å². The molecular formula is C17H17ClN2O6. The number of nitro benzene ring substituents is 1. The van der Waals surface area contributed by atoms with E-state index in [-0.39, 0.29) is 22.7 Å². The summed E-state index contributed by atoms with van der Waals surface area (Å²) >= 11 is 5.94. The molecule has 0 heterocycles. The molecule has 0 fully saturated rings. The van der Waals surface area contributed by atoms with Crippen molar-refractivity contribution in [1.82, 2.24) is 0 Å². The number of halogens is 1. The molecule has 0 radical (unpaired) electrons. The largest absolute Gasteiger partial charge is 0.495 e. The van der Waals surface area contributed by atoms with Crippen LogP contribution in [0.1, 0.15) is 17.3 Å². The van der Waals surface area contributed by atoms with Crippen LogP contribution in [0, 0.1) is 10.1 Å². The second-order valence-electron chi connectivity index (χ2n) is 5.01. The molecule has 8 nitrogen and oxygen atoms in total. The summed E-state index contributed by atoms with van der Waals surface area (Å²) in [5, 5.41) is 14.3. The highest BCUT2D eigenvalue weighted by atomic mass is 35.5. The first kappa shape index (κ1) is 19.3. The highest BCUT2D eigenvalue weighted by Gasteiger charge is 2.25. The van der Waals surface area contributed by atoms with Gasteiger partial charge in [-0.25, -0.2) is 0 Å². The van der Waals surface area contributed by atoms with Crippen LogP contribution in [-0.2, 0) is 0 Å². The number of rotatable bonds is 7. The third kappa shape index (κ3) is 4.15. The molecule has 0 saturated heterocycles. The van der Waals surface area contributed by atoms with Gasteiger partial charge in [0.2, 0.25) is 0 Å². The topological polar surface area (TPSA) is 99.9 Å². The van der Waals surface area contributed by atoms with Crippen molar-refractivity contribution < 1.29 is 23.9 Å². The number of hydrogen-bond donors (Lipinski definition) is 1. The van der Waals surface area contributed by atoms with E-state index in [9.17, 15) is 14.9 Å². The Kier molecular flexibility index (Phi) is 6.24. The molecule has 1 N–H and O–H groups in total. The van der Waals surface area contributed by atoms with Crippen molar-refractivity contribution in [2.75, 3.05) is 26.1 Å². The van der Waals surface area contributed by atoms with Gasteiger partial charge in [-0.1, -0.05) is 11.6 Å². The summed E-state index contributed by atoms with van der Waals surface area (Å²) in [7, 11) is 2.81. The molecule has 0 bridgehead atoms. The van der Waals surface area contributed by atoms with Gasteiger partial charge in [0.15, 0.2) is 11.5 Å². The smallest absolute Gasteiger partial charge is 0.286 e. The summed E-state index contributed by atoms with van der Waals surface area (Å²) in [4.78, 5) is 23.4. The lowest BCUT2D eigenvalue weighted by atomic mass is 10.1. The van der Waals surface area contributed by atoms with Gasteiger partial charge in [-0.05, 0) is 25.1 Å². The predicted octanol–water partition coefficient (Wildman–Crippen LogP) is 3.92. The zero-order valence-electron chi connectivity index (χ0n) is 14.4. The maximum Gasteiger partial charge on any atom is 0.286 e. The number of nitrogens with zero attached hydrogens (tertiary/aromatic N) is 1. The van der Waals surface area contributed by atoms with Gasteiger partial charge < -0.3 is 19.5 Å². The third-order valence-corrected chi connectivity index (χ3v) is 3.67. The Hall–Kier alpha value is -3.00. The maximum atomic E-state index is 12.6. The van der Waals surface area contributed by atoms with Gasteiger partial charge in [-0.2, -0.15) is 0 Å². The molecule has 1 amide bonds. The van der Waals surface area contributed by atoms with E-state index in [0.29, 0.717) is 17.4 Å². The van der Waals surface area contributed by atoms with Crippen LogP contribution >= 0.6 is 11.6 Å². The van der Waals surface area contributed by atoms with Gasteiger partial charge in [0, 0.05) is 11.1 Å². The number of amides is 1. The molecular weight excluding hydrogens is 364 g/mol. The summed E-state index contributed by atoms with van der Waals surface area (Å²) in [5.41, 5.74) is -0.308. The van der Waals surface area contributed by atoms with Crippen LogP contribution < -0.4 is 19.5 Å². The second-order valence-corrected chi connectivity index (χ2v) is 5.45. The quantitative estimate of drug-likeness (QED) is 0.577. The molecule has 0 aliphatic carbocycles. The molecule has 0 spiro atoms. The normalized spacial score (nSPS) is 10.2. The van der Waals surface area contributed by atoms with Gasteiger partial charge in [-0.15, -0.1) is 0 Å². The van der Waals surface area contributed by atoms with Crippen LogP contribution in [0.15, 0.2) is 30.3 Å². The minimum atomic E-state index is -0.710. The second kappa shape index (κ2) is 8.39. The van der Waals surface area contributed by atoms with E-state index in [1.165, 1.54) is 26.4 Å². The number of benzene rings is 2. The van der Waals surface area contributed by atoms with Crippen molar-refractivity contribution in [1.29, 1.82) is 0 Å². The minimum Gasteiger partial charge on any atom is -0.495 e. The van der Waals surface area contributed by atoms with E-state index in [2.05, 4.69) is 5.32 Å². The standard InChI is InChI=1S/C17H17ClN2O6/c1-4-26-16-9-13(20(22)23)11(8-15(16)25-3)17(21)19-12-7-10(18)5-6-14(12)24-2/h5-9H,4H2,1-3H3,(H,19,21). The number of carbonyl (C=O) groups is 1. The molecule has 0 aliphatic rings. The summed E-state index contributed by atoms with van der Waals surface area (Å²) in [6.45, 7) is 2.02. The number of nitro groups is 1. The zero-order chi connectivity index (χ0) is 19.3. The first-order valence-corrected chi connectivity index (χ1v) is 7.93. The van der Waals surface area contributed by atoms with E-state index in [0.717, 1.165) is 6.07 Å². The van der Waals surface area contributed by atoms with E-state index in [1.54, 1.807) is 19.1 Å². The molecule has 2 rings (SSSR count). The Morgan fingerprint density at radius 1 is 1.15 bits per heavy atom. The van der Waals surface area contributed by atoms with E-state index >= 15 is 0 Å². The average Bonchev–Trinajstić information content (AvgIpc) is 2.61. The number of carbonyl (C=O) groups excluding carboxylic acids is 1. The van der Waals surface area contributed by atoms with Crippen molar-refractivity contribution in [2.24, 2.45) is 0 Å². The molecule has 9 heteroatoms. The lowest BCUT2D eigenvalue weighted by Crippen LogP contribution is -2.15. The van der Waals surface area contributed by atoms with E-state index in [4.69, 9.17) is 25.8 Å². The Bertz CT molecular complexity index is 840. The summed E-state index contributed by atoms with van der Waals surface area (Å²) in [5.74, 6) is 0.0427.